The van der Waals surface area contributed by atoms with Crippen molar-refractivity contribution in [3.63, 3.8) is 0 Å². The molecule has 0 bridgehead atoms. The van der Waals surface area contributed by atoms with E-state index in [9.17, 15) is 4.79 Å². The van der Waals surface area contributed by atoms with Crippen LogP contribution < -0.4 is 27.8 Å². The van der Waals surface area contributed by atoms with E-state index in [1.165, 1.54) is 4.57 Å². The molecule has 0 aliphatic carbocycles. The minimum absolute atomic E-state index is 0.0399. The molecule has 1 aromatic carbocycles. The Morgan fingerprint density at radius 1 is 1.27 bits per heavy atom. The first-order chi connectivity index (χ1) is 19.5. The Labute approximate surface area is 245 Å². The zero-order valence-electron chi connectivity index (χ0n) is 23.9. The van der Waals surface area contributed by atoms with Gasteiger partial charge in [-0.05, 0) is 88.4 Å². The van der Waals surface area contributed by atoms with Crippen molar-refractivity contribution in [3.05, 3.63) is 81.7 Å². The van der Waals surface area contributed by atoms with Crippen LogP contribution in [0.1, 0.15) is 45.6 Å². The highest BCUT2D eigenvalue weighted by Gasteiger charge is 2.15. The van der Waals surface area contributed by atoms with E-state index < -0.39 is 11.5 Å². The highest BCUT2D eigenvalue weighted by Crippen LogP contribution is 2.31. The summed E-state index contributed by atoms with van der Waals surface area (Å²) < 4.78 is 16.4. The maximum atomic E-state index is 15.0. The number of halogens is 2. The molecule has 41 heavy (non-hydrogen) atoms. The summed E-state index contributed by atoms with van der Waals surface area (Å²) in [4.78, 5) is 20.1. The fourth-order valence-corrected chi connectivity index (χ4v) is 4.71. The third kappa shape index (κ3) is 8.88. The molecule has 8 N–H and O–H groups in total. The summed E-state index contributed by atoms with van der Waals surface area (Å²) in [5, 5.41) is 14.1. The van der Waals surface area contributed by atoms with Crippen LogP contribution in [0.4, 0.5) is 4.39 Å². The zero-order valence-corrected chi connectivity index (χ0v) is 24.6. The molecule has 3 aromatic rings. The van der Waals surface area contributed by atoms with Crippen molar-refractivity contribution in [1.29, 1.82) is 5.41 Å². The number of aromatic amines is 1. The van der Waals surface area contributed by atoms with Crippen LogP contribution in [0, 0.1) is 11.2 Å². The van der Waals surface area contributed by atoms with E-state index in [4.69, 9.17) is 28.5 Å². The van der Waals surface area contributed by atoms with Crippen molar-refractivity contribution in [2.24, 2.45) is 11.5 Å². The summed E-state index contributed by atoms with van der Waals surface area (Å²) in [7, 11) is 0. The molecule has 0 saturated heterocycles. The van der Waals surface area contributed by atoms with Crippen molar-refractivity contribution >= 4 is 34.3 Å². The molecular weight excluding hydrogens is 543 g/mol. The number of benzene rings is 1. The van der Waals surface area contributed by atoms with E-state index in [1.54, 1.807) is 30.5 Å². The number of aromatic nitrogens is 3. The predicted octanol–water partition coefficient (Wildman–Crippen LogP) is 4.68. The zero-order chi connectivity index (χ0) is 30.1. The van der Waals surface area contributed by atoms with Gasteiger partial charge in [0.25, 0.3) is 0 Å². The summed E-state index contributed by atoms with van der Waals surface area (Å²) in [5.74, 6) is -0.574. The van der Waals surface area contributed by atoms with Gasteiger partial charge in [0.15, 0.2) is 11.8 Å². The molecular formula is C30H40ClFN8O. The summed E-state index contributed by atoms with van der Waals surface area (Å²) >= 11 is 6.22. The quantitative estimate of drug-likeness (QED) is 0.0703. The monoisotopic (exact) mass is 582 g/mol. The van der Waals surface area contributed by atoms with Crippen molar-refractivity contribution in [2.45, 2.75) is 58.5 Å². The molecule has 220 valence electrons. The van der Waals surface area contributed by atoms with E-state index in [0.717, 1.165) is 43.4 Å². The lowest BCUT2D eigenvalue weighted by Gasteiger charge is -2.15. The molecule has 0 amide bonds. The molecule has 0 radical (unpaired) electrons. The maximum Gasteiger partial charge on any atom is 0.354 e. The summed E-state index contributed by atoms with van der Waals surface area (Å²) in [6, 6.07) is 5.32. The van der Waals surface area contributed by atoms with E-state index in [1.807, 2.05) is 32.9 Å². The van der Waals surface area contributed by atoms with E-state index in [0.29, 0.717) is 34.5 Å². The first-order valence-electron chi connectivity index (χ1n) is 13.7. The second-order valence-corrected chi connectivity index (χ2v) is 10.6. The molecule has 2 aromatic heterocycles. The first kappa shape index (κ1) is 31.8. The molecule has 0 aliphatic heterocycles. The topological polar surface area (TPSA) is 151 Å². The van der Waals surface area contributed by atoms with Gasteiger partial charge in [-0.3, -0.25) is 9.98 Å². The van der Waals surface area contributed by atoms with Gasteiger partial charge in [0.2, 0.25) is 0 Å². The lowest BCUT2D eigenvalue weighted by atomic mass is 10.0. The Morgan fingerprint density at radius 2 is 2.02 bits per heavy atom. The molecule has 0 spiro atoms. The number of hydrogen-bond acceptors (Lipinski definition) is 5. The molecule has 0 aliphatic rings. The van der Waals surface area contributed by atoms with Gasteiger partial charge in [0, 0.05) is 41.5 Å². The Morgan fingerprint density at radius 3 is 2.71 bits per heavy atom. The van der Waals surface area contributed by atoms with Crippen LogP contribution in [0.5, 0.6) is 0 Å². The van der Waals surface area contributed by atoms with Crippen molar-refractivity contribution in [2.75, 3.05) is 13.1 Å². The minimum atomic E-state index is -0.534. The SMILES string of the molecule is C=C(/C=C\C(=C/C)[C@H](C)NCCCNC(=N)N)n1cc2cc(-c3cc(CCC[C@H](C)N)cc(Cl)c3F)[nH]c2nc1=O. The molecule has 2 atom stereocenters. The van der Waals surface area contributed by atoms with E-state index in [-0.39, 0.29) is 23.1 Å². The number of guanidine groups is 1. The molecule has 3 rings (SSSR count). The number of nitrogens with one attached hydrogen (secondary N) is 4. The number of aryl methyl sites for hydroxylation is 1. The molecule has 2 heterocycles. The van der Waals surface area contributed by atoms with E-state index >= 15 is 4.39 Å². The number of rotatable bonds is 14. The molecule has 0 saturated carbocycles. The van der Waals surface area contributed by atoms with Gasteiger partial charge in [0.1, 0.15) is 5.65 Å². The predicted molar refractivity (Wildman–Crippen MR) is 168 cm³/mol. The van der Waals surface area contributed by atoms with Crippen LogP contribution in [0.25, 0.3) is 28.0 Å². The lowest BCUT2D eigenvalue weighted by Crippen LogP contribution is -2.34. The molecule has 0 unspecified atom stereocenters. The van der Waals surface area contributed by atoms with Gasteiger partial charge in [-0.2, -0.15) is 4.98 Å². The Hall–Kier alpha value is -3.73. The number of nitrogens with zero attached hydrogens (tertiary/aromatic N) is 2. The molecule has 9 nitrogen and oxygen atoms in total. The Bertz CT molecular complexity index is 1500. The van der Waals surface area contributed by atoms with Crippen LogP contribution in [0.15, 0.2) is 59.6 Å². The summed E-state index contributed by atoms with van der Waals surface area (Å²) in [5.41, 5.74) is 14.2. The number of allylic oxidation sites excluding steroid dienone is 3. The lowest BCUT2D eigenvalue weighted by molar-refractivity contribution is 0.588. The van der Waals surface area contributed by atoms with Crippen molar-refractivity contribution < 1.29 is 4.39 Å². The van der Waals surface area contributed by atoms with Gasteiger partial charge >= 0.3 is 5.69 Å². The number of fused-ring (bicyclic) bond motifs is 1. The number of H-pyrrole nitrogens is 1. The highest BCUT2D eigenvalue weighted by molar-refractivity contribution is 6.31. The van der Waals surface area contributed by atoms with Crippen LogP contribution >= 0.6 is 11.6 Å². The van der Waals surface area contributed by atoms with E-state index in [2.05, 4.69) is 27.2 Å². The van der Waals surface area contributed by atoms with Gasteiger partial charge in [-0.1, -0.05) is 30.3 Å². The van der Waals surface area contributed by atoms with Gasteiger partial charge in [-0.15, -0.1) is 0 Å². The van der Waals surface area contributed by atoms with Crippen LogP contribution in [-0.4, -0.2) is 45.7 Å². The summed E-state index contributed by atoms with van der Waals surface area (Å²) in [6.45, 7) is 11.4. The van der Waals surface area contributed by atoms with Crippen LogP contribution in [-0.2, 0) is 6.42 Å². The Balaban J connectivity index is 1.77. The maximum absolute atomic E-state index is 15.0. The summed E-state index contributed by atoms with van der Waals surface area (Å²) in [6.07, 6.45) is 10.6. The standard InChI is InChI=1S/C30H40ClFN8O/c1-5-22(20(4)36-12-7-13-37-29(34)35)11-10-19(3)40-17-23-16-26(38-28(23)39-30(40)41)24-14-21(9-6-8-18(2)33)15-25(31)27(24)32/h5,10-11,14-18,20,36H,3,6-9,12-13,33H2,1-2,4H3,(H4,34,35,37)(H,38,39,41)/b11-10-,22-5+/t18-,20-/m0/s1. The fraction of sp³-hybridized carbons (Fsp3) is 0.367. The van der Waals surface area contributed by atoms with Gasteiger partial charge < -0.3 is 27.1 Å². The van der Waals surface area contributed by atoms with Crippen molar-refractivity contribution in [3.8, 4) is 11.3 Å². The second-order valence-electron chi connectivity index (χ2n) is 10.2. The average molecular weight is 583 g/mol. The van der Waals surface area contributed by atoms with Crippen LogP contribution in [0.2, 0.25) is 5.02 Å². The van der Waals surface area contributed by atoms with Crippen LogP contribution in [0.3, 0.4) is 0 Å². The second kappa shape index (κ2) is 14.8. The largest absolute Gasteiger partial charge is 0.370 e. The third-order valence-electron chi connectivity index (χ3n) is 6.74. The number of hydrogen-bond donors (Lipinski definition) is 6. The average Bonchev–Trinajstić information content (AvgIpc) is 3.32. The van der Waals surface area contributed by atoms with Gasteiger partial charge in [-0.25, -0.2) is 9.18 Å². The fourth-order valence-electron chi connectivity index (χ4n) is 4.47. The first-order valence-corrected chi connectivity index (χ1v) is 14.1. The Kier molecular flexibility index (Phi) is 11.5. The smallest absolute Gasteiger partial charge is 0.354 e. The molecule has 0 fully saturated rings. The van der Waals surface area contributed by atoms with Crippen molar-refractivity contribution in [1.82, 2.24) is 25.2 Å². The molecule has 11 heteroatoms. The third-order valence-corrected chi connectivity index (χ3v) is 7.02. The van der Waals surface area contributed by atoms with Gasteiger partial charge in [0.05, 0.1) is 10.7 Å². The number of nitrogens with two attached hydrogens (primary N) is 2. The highest BCUT2D eigenvalue weighted by atomic mass is 35.5. The minimum Gasteiger partial charge on any atom is -0.370 e. The normalized spacial score (nSPS) is 13.6.